The van der Waals surface area contributed by atoms with Crippen molar-refractivity contribution in [3.05, 3.63) is 75.3 Å². The first-order valence-electron chi connectivity index (χ1n) is 6.60. The van der Waals surface area contributed by atoms with Gasteiger partial charge in [-0.25, -0.2) is 0 Å². The Balaban J connectivity index is 2.41. The summed E-state index contributed by atoms with van der Waals surface area (Å²) in [4.78, 5) is 22.8. The fourth-order valence-corrected chi connectivity index (χ4v) is 1.98. The van der Waals surface area contributed by atoms with Gasteiger partial charge in [-0.05, 0) is 36.4 Å². The maximum atomic E-state index is 12.4. The third-order valence-corrected chi connectivity index (χ3v) is 3.15. The summed E-state index contributed by atoms with van der Waals surface area (Å²) in [6.07, 6.45) is 1.23. The monoisotopic (exact) mass is 308 g/mol. The lowest BCUT2D eigenvalue weighted by molar-refractivity contribution is -0.385. The first kappa shape index (κ1) is 15.9. The Morgan fingerprint density at radius 3 is 2.43 bits per heavy atom. The lowest BCUT2D eigenvalue weighted by Gasteiger charge is -2.03. The predicted octanol–water partition coefficient (Wildman–Crippen LogP) is 3.39. The minimum Gasteiger partial charge on any atom is -0.497 e. The SMILES string of the molecule is COc1ccc(C(=O)/C(C#N)=C/c2ccccc2[N+](=O)[O-])cc1. The van der Waals surface area contributed by atoms with Crippen LogP contribution in [-0.4, -0.2) is 17.8 Å². The molecule has 2 rings (SSSR count). The van der Waals surface area contributed by atoms with E-state index >= 15 is 0 Å². The van der Waals surface area contributed by atoms with Gasteiger partial charge in [-0.2, -0.15) is 5.26 Å². The van der Waals surface area contributed by atoms with E-state index in [0.717, 1.165) is 0 Å². The van der Waals surface area contributed by atoms with Gasteiger partial charge in [0, 0.05) is 11.6 Å². The van der Waals surface area contributed by atoms with E-state index in [2.05, 4.69) is 0 Å². The fraction of sp³-hybridized carbons (Fsp3) is 0.0588. The number of allylic oxidation sites excluding steroid dienone is 1. The van der Waals surface area contributed by atoms with E-state index in [4.69, 9.17) is 4.74 Å². The average Bonchev–Trinajstić information content (AvgIpc) is 2.59. The number of para-hydroxylation sites is 1. The van der Waals surface area contributed by atoms with Gasteiger partial charge in [0.15, 0.2) is 0 Å². The van der Waals surface area contributed by atoms with Crippen LogP contribution in [0.15, 0.2) is 54.1 Å². The molecule has 0 N–H and O–H groups in total. The highest BCUT2D eigenvalue weighted by molar-refractivity contribution is 6.14. The van der Waals surface area contributed by atoms with Crippen molar-refractivity contribution in [1.82, 2.24) is 0 Å². The minimum absolute atomic E-state index is 0.164. The lowest BCUT2D eigenvalue weighted by atomic mass is 10.0. The van der Waals surface area contributed by atoms with Gasteiger partial charge < -0.3 is 4.74 Å². The van der Waals surface area contributed by atoms with Gasteiger partial charge in [0.2, 0.25) is 5.78 Å². The zero-order valence-electron chi connectivity index (χ0n) is 12.2. The minimum atomic E-state index is -0.557. The smallest absolute Gasteiger partial charge is 0.276 e. The normalized spacial score (nSPS) is 10.7. The highest BCUT2D eigenvalue weighted by Gasteiger charge is 2.16. The van der Waals surface area contributed by atoms with E-state index in [1.807, 2.05) is 0 Å². The van der Waals surface area contributed by atoms with E-state index in [0.29, 0.717) is 11.3 Å². The molecule has 0 radical (unpaired) electrons. The van der Waals surface area contributed by atoms with Gasteiger partial charge in [-0.1, -0.05) is 12.1 Å². The summed E-state index contributed by atoms with van der Waals surface area (Å²) >= 11 is 0. The van der Waals surface area contributed by atoms with Crippen molar-refractivity contribution in [2.75, 3.05) is 7.11 Å². The summed E-state index contributed by atoms with van der Waals surface area (Å²) < 4.78 is 5.01. The van der Waals surface area contributed by atoms with Crippen LogP contribution in [0.4, 0.5) is 5.69 Å². The number of nitrogens with zero attached hydrogens (tertiary/aromatic N) is 2. The molecule has 23 heavy (non-hydrogen) atoms. The van der Waals surface area contributed by atoms with Gasteiger partial charge in [0.05, 0.1) is 17.6 Å². The van der Waals surface area contributed by atoms with E-state index in [9.17, 15) is 20.2 Å². The molecule has 0 aromatic heterocycles. The topological polar surface area (TPSA) is 93.2 Å². The number of hydrogen-bond donors (Lipinski definition) is 0. The number of nitro benzene ring substituents is 1. The summed E-state index contributed by atoms with van der Waals surface area (Å²) in [7, 11) is 1.51. The molecule has 0 atom stereocenters. The lowest BCUT2D eigenvalue weighted by Crippen LogP contribution is -2.02. The Labute approximate surface area is 132 Å². The third-order valence-electron chi connectivity index (χ3n) is 3.15. The highest BCUT2D eigenvalue weighted by Crippen LogP contribution is 2.22. The van der Waals surface area contributed by atoms with Crippen LogP contribution >= 0.6 is 0 Å². The molecule has 0 amide bonds. The molecule has 0 spiro atoms. The molecule has 0 aliphatic carbocycles. The molecule has 2 aromatic rings. The molecule has 0 fully saturated rings. The standard InChI is InChI=1S/C17H12N2O4/c1-23-15-8-6-12(7-9-15)17(20)14(11-18)10-13-4-2-3-5-16(13)19(21)22/h2-10H,1H3/b14-10+. The predicted molar refractivity (Wildman–Crippen MR) is 84.0 cm³/mol. The zero-order chi connectivity index (χ0) is 16.8. The van der Waals surface area contributed by atoms with Crippen LogP contribution < -0.4 is 4.74 Å². The molecule has 0 aliphatic heterocycles. The van der Waals surface area contributed by atoms with E-state index in [-0.39, 0.29) is 16.8 Å². The van der Waals surface area contributed by atoms with Gasteiger partial charge >= 0.3 is 0 Å². The Kier molecular flexibility index (Phi) is 4.85. The molecule has 114 valence electrons. The van der Waals surface area contributed by atoms with Crippen molar-refractivity contribution in [3.63, 3.8) is 0 Å². The number of Topliss-reactive ketones (excluding diaryl/α,β-unsaturated/α-hetero) is 1. The summed E-state index contributed by atoms with van der Waals surface area (Å²) in [5, 5.41) is 20.2. The van der Waals surface area contributed by atoms with Crippen LogP contribution in [0.5, 0.6) is 5.75 Å². The quantitative estimate of drug-likeness (QED) is 0.277. The van der Waals surface area contributed by atoms with Gasteiger partial charge in [-0.3, -0.25) is 14.9 Å². The molecule has 0 saturated heterocycles. The maximum Gasteiger partial charge on any atom is 0.276 e. The second-order valence-corrected chi connectivity index (χ2v) is 4.54. The largest absolute Gasteiger partial charge is 0.497 e. The third kappa shape index (κ3) is 3.60. The molecule has 0 aliphatic rings. The Hall–Kier alpha value is -3.46. The van der Waals surface area contributed by atoms with Crippen molar-refractivity contribution in [1.29, 1.82) is 5.26 Å². The molecule has 0 heterocycles. The maximum absolute atomic E-state index is 12.4. The number of carbonyl (C=O) groups excluding carboxylic acids is 1. The number of methoxy groups -OCH3 is 1. The van der Waals surface area contributed by atoms with E-state index in [1.54, 1.807) is 24.3 Å². The number of nitro groups is 1. The zero-order valence-corrected chi connectivity index (χ0v) is 12.2. The Morgan fingerprint density at radius 1 is 1.22 bits per heavy atom. The Bertz CT molecular complexity index is 817. The first-order valence-corrected chi connectivity index (χ1v) is 6.60. The van der Waals surface area contributed by atoms with Crippen LogP contribution in [0.25, 0.3) is 6.08 Å². The van der Waals surface area contributed by atoms with Crippen LogP contribution in [-0.2, 0) is 0 Å². The van der Waals surface area contributed by atoms with E-state index in [1.165, 1.54) is 43.5 Å². The van der Waals surface area contributed by atoms with Crippen LogP contribution in [0.1, 0.15) is 15.9 Å². The summed E-state index contributed by atoms with van der Waals surface area (Å²) in [6, 6.07) is 14.0. The van der Waals surface area contributed by atoms with Gasteiger partial charge in [0.25, 0.3) is 5.69 Å². The fourth-order valence-electron chi connectivity index (χ4n) is 1.98. The summed E-state index contributed by atoms with van der Waals surface area (Å²) in [6.45, 7) is 0. The highest BCUT2D eigenvalue weighted by atomic mass is 16.6. The summed E-state index contributed by atoms with van der Waals surface area (Å²) in [5.41, 5.74) is 0.167. The number of ether oxygens (including phenoxy) is 1. The van der Waals surface area contributed by atoms with E-state index < -0.39 is 10.7 Å². The number of ketones is 1. The second-order valence-electron chi connectivity index (χ2n) is 4.54. The molecular weight excluding hydrogens is 296 g/mol. The van der Waals surface area contributed by atoms with Crippen LogP contribution in [0.3, 0.4) is 0 Å². The van der Waals surface area contributed by atoms with Gasteiger partial charge in [0.1, 0.15) is 17.4 Å². The second kappa shape index (κ2) is 7.00. The summed E-state index contributed by atoms with van der Waals surface area (Å²) in [5.74, 6) is 0.0797. The molecule has 0 bridgehead atoms. The molecule has 0 saturated carbocycles. The van der Waals surface area contributed by atoms with Crippen molar-refractivity contribution in [3.8, 4) is 11.8 Å². The number of rotatable bonds is 5. The molecular formula is C17H12N2O4. The van der Waals surface area contributed by atoms with Crippen LogP contribution in [0.2, 0.25) is 0 Å². The molecule has 6 heteroatoms. The first-order chi connectivity index (χ1) is 11.1. The molecule has 2 aromatic carbocycles. The van der Waals surface area contributed by atoms with Crippen molar-refractivity contribution < 1.29 is 14.5 Å². The van der Waals surface area contributed by atoms with Crippen LogP contribution in [0, 0.1) is 21.4 Å². The van der Waals surface area contributed by atoms with Gasteiger partial charge in [-0.15, -0.1) is 0 Å². The molecule has 6 nitrogen and oxygen atoms in total. The number of carbonyl (C=O) groups is 1. The van der Waals surface area contributed by atoms with Crippen molar-refractivity contribution in [2.45, 2.75) is 0 Å². The van der Waals surface area contributed by atoms with Crippen molar-refractivity contribution >= 4 is 17.5 Å². The Morgan fingerprint density at radius 2 is 1.87 bits per heavy atom. The number of nitriles is 1. The number of hydrogen-bond acceptors (Lipinski definition) is 5. The average molecular weight is 308 g/mol. The van der Waals surface area contributed by atoms with Crippen molar-refractivity contribution in [2.24, 2.45) is 0 Å². The number of benzene rings is 2. The molecule has 0 unspecified atom stereocenters.